The van der Waals surface area contributed by atoms with E-state index in [2.05, 4.69) is 5.10 Å². The topological polar surface area (TPSA) is 70.1 Å². The van der Waals surface area contributed by atoms with Gasteiger partial charge in [-0.05, 0) is 13.8 Å². The molecule has 90 valence electrons. The summed E-state index contributed by atoms with van der Waals surface area (Å²) in [6, 6.07) is -0.655. The highest BCUT2D eigenvalue weighted by molar-refractivity contribution is 6.33. The second-order valence-electron chi connectivity index (χ2n) is 3.81. The molecular weight excluding hydrogens is 230 g/mol. The molecule has 5 nitrogen and oxygen atoms in total. The van der Waals surface area contributed by atoms with Crippen LogP contribution in [0.4, 0.5) is 0 Å². The molecule has 1 atom stereocenters. The van der Waals surface area contributed by atoms with Gasteiger partial charge in [-0.3, -0.25) is 9.48 Å². The van der Waals surface area contributed by atoms with Gasteiger partial charge in [0, 0.05) is 13.2 Å². The Balaban J connectivity index is 3.02. The molecule has 1 aromatic rings. The summed E-state index contributed by atoms with van der Waals surface area (Å²) in [6.45, 7) is 4.00. The van der Waals surface area contributed by atoms with E-state index >= 15 is 0 Å². The number of ether oxygens (including phenoxy) is 1. The molecule has 1 unspecified atom stereocenters. The van der Waals surface area contributed by atoms with Crippen molar-refractivity contribution in [3.8, 4) is 0 Å². The Morgan fingerprint density at radius 3 is 2.81 bits per heavy atom. The largest absolute Gasteiger partial charge is 0.383 e. The van der Waals surface area contributed by atoms with E-state index in [9.17, 15) is 4.79 Å². The van der Waals surface area contributed by atoms with Crippen molar-refractivity contribution in [2.45, 2.75) is 25.9 Å². The molecule has 0 amide bonds. The molecule has 0 radical (unpaired) electrons. The van der Waals surface area contributed by atoms with Crippen molar-refractivity contribution in [3.05, 3.63) is 16.9 Å². The Hall–Kier alpha value is -0.910. The first-order valence-corrected chi connectivity index (χ1v) is 5.38. The van der Waals surface area contributed by atoms with Crippen LogP contribution < -0.4 is 5.73 Å². The third-order valence-electron chi connectivity index (χ3n) is 2.16. The standard InChI is InChI=1S/C10H16ClN3O2/c1-6(2)14-9(7(11)4-13-14)10(15)8(12)5-16-3/h4,6,8H,5,12H2,1-3H3. The number of aromatic nitrogens is 2. The van der Waals surface area contributed by atoms with Crippen LogP contribution in [0.5, 0.6) is 0 Å². The monoisotopic (exact) mass is 245 g/mol. The van der Waals surface area contributed by atoms with Gasteiger partial charge in [0.1, 0.15) is 5.69 Å². The lowest BCUT2D eigenvalue weighted by atomic mass is 10.1. The average molecular weight is 246 g/mol. The molecule has 0 aliphatic heterocycles. The fourth-order valence-corrected chi connectivity index (χ4v) is 1.62. The number of Topliss-reactive ketones (excluding diaryl/α,β-unsaturated/α-hetero) is 1. The van der Waals surface area contributed by atoms with Gasteiger partial charge >= 0.3 is 0 Å². The SMILES string of the molecule is COCC(N)C(=O)c1c(Cl)cnn1C(C)C. The lowest BCUT2D eigenvalue weighted by Gasteiger charge is -2.13. The minimum atomic E-state index is -0.711. The third kappa shape index (κ3) is 2.61. The molecule has 1 rings (SSSR count). The molecule has 0 aliphatic rings. The van der Waals surface area contributed by atoms with Crippen molar-refractivity contribution in [1.82, 2.24) is 9.78 Å². The average Bonchev–Trinajstić information content (AvgIpc) is 2.59. The maximum absolute atomic E-state index is 12.0. The Labute approximate surface area is 99.5 Å². The number of carbonyl (C=O) groups is 1. The number of rotatable bonds is 5. The van der Waals surface area contributed by atoms with E-state index in [1.165, 1.54) is 13.3 Å². The molecule has 0 bridgehead atoms. The molecule has 0 aliphatic carbocycles. The molecule has 16 heavy (non-hydrogen) atoms. The number of hydrogen-bond acceptors (Lipinski definition) is 4. The van der Waals surface area contributed by atoms with E-state index in [1.54, 1.807) is 4.68 Å². The number of carbonyl (C=O) groups excluding carboxylic acids is 1. The highest BCUT2D eigenvalue weighted by Crippen LogP contribution is 2.20. The fourth-order valence-electron chi connectivity index (χ4n) is 1.39. The summed E-state index contributed by atoms with van der Waals surface area (Å²) in [5.41, 5.74) is 6.03. The van der Waals surface area contributed by atoms with Crippen LogP contribution in [0.2, 0.25) is 5.02 Å². The van der Waals surface area contributed by atoms with Crippen LogP contribution in [-0.2, 0) is 4.74 Å². The van der Waals surface area contributed by atoms with E-state index in [0.29, 0.717) is 10.7 Å². The molecule has 0 saturated heterocycles. The summed E-state index contributed by atoms with van der Waals surface area (Å²) in [5.74, 6) is -0.252. The van der Waals surface area contributed by atoms with E-state index in [1.807, 2.05) is 13.8 Å². The van der Waals surface area contributed by atoms with Gasteiger partial charge in [-0.2, -0.15) is 5.10 Å². The minimum absolute atomic E-state index is 0.0567. The third-order valence-corrected chi connectivity index (χ3v) is 2.43. The van der Waals surface area contributed by atoms with Gasteiger partial charge in [-0.15, -0.1) is 0 Å². The first-order valence-electron chi connectivity index (χ1n) is 5.00. The molecule has 0 saturated carbocycles. The molecule has 6 heteroatoms. The number of nitrogens with two attached hydrogens (primary N) is 1. The van der Waals surface area contributed by atoms with Crippen molar-refractivity contribution in [2.75, 3.05) is 13.7 Å². The van der Waals surface area contributed by atoms with Crippen LogP contribution in [0.25, 0.3) is 0 Å². The minimum Gasteiger partial charge on any atom is -0.383 e. The Kier molecular flexibility index (Phi) is 4.46. The van der Waals surface area contributed by atoms with E-state index in [4.69, 9.17) is 22.1 Å². The Morgan fingerprint density at radius 2 is 2.31 bits per heavy atom. The highest BCUT2D eigenvalue weighted by Gasteiger charge is 2.24. The van der Waals surface area contributed by atoms with Gasteiger partial charge in [0.25, 0.3) is 0 Å². The van der Waals surface area contributed by atoms with Crippen LogP contribution in [0.3, 0.4) is 0 Å². The highest BCUT2D eigenvalue weighted by atomic mass is 35.5. The summed E-state index contributed by atoms with van der Waals surface area (Å²) in [7, 11) is 1.49. The quantitative estimate of drug-likeness (QED) is 0.794. The van der Waals surface area contributed by atoms with E-state index < -0.39 is 6.04 Å². The molecule has 0 fully saturated rings. The van der Waals surface area contributed by atoms with Crippen LogP contribution in [0, 0.1) is 0 Å². The summed E-state index contributed by atoms with van der Waals surface area (Å²) in [5, 5.41) is 4.37. The zero-order chi connectivity index (χ0) is 12.3. The van der Waals surface area contributed by atoms with Gasteiger partial charge in [-0.1, -0.05) is 11.6 Å². The summed E-state index contributed by atoms with van der Waals surface area (Å²) < 4.78 is 6.41. The second-order valence-corrected chi connectivity index (χ2v) is 4.21. The van der Waals surface area contributed by atoms with Crippen LogP contribution in [0.15, 0.2) is 6.20 Å². The van der Waals surface area contributed by atoms with Crippen molar-refractivity contribution in [3.63, 3.8) is 0 Å². The van der Waals surface area contributed by atoms with Gasteiger partial charge in [0.05, 0.1) is 23.9 Å². The van der Waals surface area contributed by atoms with Gasteiger partial charge in [0.2, 0.25) is 5.78 Å². The van der Waals surface area contributed by atoms with Crippen LogP contribution in [-0.4, -0.2) is 35.3 Å². The van der Waals surface area contributed by atoms with E-state index in [0.717, 1.165) is 0 Å². The predicted molar refractivity (Wildman–Crippen MR) is 61.8 cm³/mol. The Morgan fingerprint density at radius 1 is 1.69 bits per heavy atom. The van der Waals surface area contributed by atoms with Gasteiger partial charge < -0.3 is 10.5 Å². The van der Waals surface area contributed by atoms with Gasteiger partial charge in [0.15, 0.2) is 0 Å². The van der Waals surface area contributed by atoms with Crippen molar-refractivity contribution in [1.29, 1.82) is 0 Å². The fraction of sp³-hybridized carbons (Fsp3) is 0.600. The lowest BCUT2D eigenvalue weighted by Crippen LogP contribution is -2.36. The number of halogens is 1. The first-order chi connectivity index (χ1) is 7.49. The maximum Gasteiger partial charge on any atom is 0.201 e. The predicted octanol–water partition coefficient (Wildman–Crippen LogP) is 1.27. The molecule has 0 spiro atoms. The number of ketones is 1. The summed E-state index contributed by atoms with van der Waals surface area (Å²) in [4.78, 5) is 12.0. The summed E-state index contributed by atoms with van der Waals surface area (Å²) in [6.07, 6.45) is 1.45. The van der Waals surface area contributed by atoms with Crippen molar-refractivity contribution >= 4 is 17.4 Å². The maximum atomic E-state index is 12.0. The lowest BCUT2D eigenvalue weighted by molar-refractivity contribution is 0.0880. The van der Waals surface area contributed by atoms with Crippen LogP contribution in [0.1, 0.15) is 30.4 Å². The van der Waals surface area contributed by atoms with Gasteiger partial charge in [-0.25, -0.2) is 0 Å². The number of nitrogens with zero attached hydrogens (tertiary/aromatic N) is 2. The summed E-state index contributed by atoms with van der Waals surface area (Å²) >= 11 is 5.93. The number of hydrogen-bond donors (Lipinski definition) is 1. The smallest absolute Gasteiger partial charge is 0.201 e. The molecule has 1 heterocycles. The van der Waals surface area contributed by atoms with E-state index in [-0.39, 0.29) is 18.4 Å². The second kappa shape index (κ2) is 5.43. The molecule has 0 aromatic carbocycles. The van der Waals surface area contributed by atoms with Crippen molar-refractivity contribution in [2.24, 2.45) is 5.73 Å². The van der Waals surface area contributed by atoms with Crippen molar-refractivity contribution < 1.29 is 9.53 Å². The zero-order valence-corrected chi connectivity index (χ0v) is 10.4. The van der Waals surface area contributed by atoms with Crippen LogP contribution >= 0.6 is 11.6 Å². The Bertz CT molecular complexity index is 376. The normalized spacial score (nSPS) is 13.1. The molecule has 2 N–H and O–H groups in total. The molecule has 1 aromatic heterocycles. The first kappa shape index (κ1) is 13.2. The number of methoxy groups -OCH3 is 1. The zero-order valence-electron chi connectivity index (χ0n) is 9.61. The molecular formula is C10H16ClN3O2.